The summed E-state index contributed by atoms with van der Waals surface area (Å²) in [6.07, 6.45) is 4.37. The third kappa shape index (κ3) is 5.98. The molecule has 11 heteroatoms. The lowest BCUT2D eigenvalue weighted by atomic mass is 9.82. The summed E-state index contributed by atoms with van der Waals surface area (Å²) in [7, 11) is 2.82. The molecule has 1 aliphatic rings. The summed E-state index contributed by atoms with van der Waals surface area (Å²) >= 11 is 16.8. The van der Waals surface area contributed by atoms with Crippen molar-refractivity contribution in [2.45, 2.75) is 12.8 Å². The molecule has 8 nitrogen and oxygen atoms in total. The lowest BCUT2D eigenvalue weighted by molar-refractivity contribution is -0.151. The minimum Gasteiger partial charge on any atom is -0.481 e. The minimum atomic E-state index is -0.686. The van der Waals surface area contributed by atoms with Crippen LogP contribution in [0.1, 0.15) is 12.8 Å². The molecular weight excluding hydrogens is 433 g/mol. The molecule has 2 atom stereocenters. The van der Waals surface area contributed by atoms with Crippen LogP contribution in [0.5, 0.6) is 11.9 Å². The number of ether oxygens (including phenoxy) is 3. The Morgan fingerprint density at radius 1 is 1.11 bits per heavy atom. The average molecular weight is 451 g/mol. The molecule has 1 amide bonds. The predicted octanol–water partition coefficient (Wildman–Crippen LogP) is 3.44. The lowest BCUT2D eigenvalue weighted by Crippen LogP contribution is -2.36. The van der Waals surface area contributed by atoms with Gasteiger partial charge in [0.15, 0.2) is 0 Å². The first-order valence-electron chi connectivity index (χ1n) is 8.15. The second-order valence-corrected chi connectivity index (χ2v) is 7.11. The van der Waals surface area contributed by atoms with Crippen molar-refractivity contribution in [3.8, 4) is 11.9 Å². The molecule has 1 aliphatic carbocycles. The quantitative estimate of drug-likeness (QED) is 0.502. The Labute approximate surface area is 176 Å². The SMILES string of the molecule is COc1cc(NC(=O)[C@@H]2CC=CC[C@H]2C(=O)OCC(Cl)=C(Cl)Cl)nc(OC)n1. The van der Waals surface area contributed by atoms with Crippen molar-refractivity contribution in [3.05, 3.63) is 27.7 Å². The number of anilines is 1. The van der Waals surface area contributed by atoms with Gasteiger partial charge in [0.25, 0.3) is 0 Å². The van der Waals surface area contributed by atoms with Crippen LogP contribution in [0.15, 0.2) is 27.7 Å². The maximum Gasteiger partial charge on any atom is 0.321 e. The third-order valence-electron chi connectivity index (χ3n) is 3.94. The van der Waals surface area contributed by atoms with Crippen LogP contribution in [-0.2, 0) is 14.3 Å². The molecule has 0 unspecified atom stereocenters. The molecule has 1 aromatic rings. The maximum absolute atomic E-state index is 12.8. The summed E-state index contributed by atoms with van der Waals surface area (Å²) in [5.74, 6) is -1.90. The standard InChI is InChI=1S/C17H18Cl3N3O5/c1-26-13-7-12(22-17(23-13)27-2)21-15(24)9-5-3-4-6-10(9)16(25)28-8-11(18)14(19)20/h3-4,7,9-10H,5-6,8H2,1-2H3,(H,21,22,23,24)/t9-,10-/m1/s1. The van der Waals surface area contributed by atoms with E-state index in [1.54, 1.807) is 0 Å². The van der Waals surface area contributed by atoms with Gasteiger partial charge in [0.2, 0.25) is 11.8 Å². The molecule has 28 heavy (non-hydrogen) atoms. The van der Waals surface area contributed by atoms with Gasteiger partial charge in [-0.25, -0.2) is 0 Å². The molecule has 0 aromatic carbocycles. The summed E-state index contributed by atoms with van der Waals surface area (Å²) in [4.78, 5) is 33.2. The first-order valence-corrected chi connectivity index (χ1v) is 9.28. The number of methoxy groups -OCH3 is 2. The van der Waals surface area contributed by atoms with Crippen LogP contribution in [0.3, 0.4) is 0 Å². The Balaban J connectivity index is 2.11. The van der Waals surface area contributed by atoms with E-state index >= 15 is 0 Å². The molecule has 0 saturated carbocycles. The highest BCUT2D eigenvalue weighted by Gasteiger charge is 2.35. The van der Waals surface area contributed by atoms with Crippen molar-refractivity contribution in [2.75, 3.05) is 26.1 Å². The highest BCUT2D eigenvalue weighted by Crippen LogP contribution is 2.29. The number of amides is 1. The molecule has 0 saturated heterocycles. The number of nitrogens with one attached hydrogen (secondary N) is 1. The number of carbonyl (C=O) groups is 2. The van der Waals surface area contributed by atoms with Crippen LogP contribution in [0.4, 0.5) is 5.82 Å². The number of hydrogen-bond acceptors (Lipinski definition) is 7. The molecule has 1 heterocycles. The fourth-order valence-electron chi connectivity index (χ4n) is 2.54. The van der Waals surface area contributed by atoms with E-state index in [1.165, 1.54) is 20.3 Å². The van der Waals surface area contributed by atoms with Gasteiger partial charge >= 0.3 is 12.0 Å². The normalized spacial score (nSPS) is 18.2. The van der Waals surface area contributed by atoms with Crippen LogP contribution in [-0.4, -0.2) is 42.7 Å². The van der Waals surface area contributed by atoms with Crippen molar-refractivity contribution < 1.29 is 23.8 Å². The maximum atomic E-state index is 12.8. The van der Waals surface area contributed by atoms with Crippen molar-refractivity contribution >= 4 is 52.5 Å². The number of aromatic nitrogens is 2. The number of esters is 1. The molecule has 0 bridgehead atoms. The Kier molecular flexibility index (Phi) is 8.35. The van der Waals surface area contributed by atoms with E-state index in [2.05, 4.69) is 15.3 Å². The lowest BCUT2D eigenvalue weighted by Gasteiger charge is -2.25. The molecule has 2 rings (SSSR count). The van der Waals surface area contributed by atoms with Gasteiger partial charge in [-0.2, -0.15) is 9.97 Å². The zero-order chi connectivity index (χ0) is 20.7. The topological polar surface area (TPSA) is 99.6 Å². The van der Waals surface area contributed by atoms with E-state index in [-0.39, 0.29) is 33.8 Å². The largest absolute Gasteiger partial charge is 0.481 e. The van der Waals surface area contributed by atoms with Gasteiger partial charge in [0.1, 0.15) is 16.9 Å². The minimum absolute atomic E-state index is 0.00390. The predicted molar refractivity (Wildman–Crippen MR) is 105 cm³/mol. The highest BCUT2D eigenvalue weighted by atomic mass is 35.5. The number of nitrogens with zero attached hydrogens (tertiary/aromatic N) is 2. The van der Waals surface area contributed by atoms with Crippen molar-refractivity contribution in [3.63, 3.8) is 0 Å². The number of hydrogen-bond donors (Lipinski definition) is 1. The fraction of sp³-hybridized carbons (Fsp3) is 0.412. The Hall–Kier alpha value is -2.03. The molecule has 0 radical (unpaired) electrons. The van der Waals surface area contributed by atoms with E-state index in [0.717, 1.165) is 0 Å². The Bertz CT molecular complexity index is 774. The summed E-state index contributed by atoms with van der Waals surface area (Å²) in [5.41, 5.74) is 0. The van der Waals surface area contributed by atoms with Crippen LogP contribution in [0.2, 0.25) is 0 Å². The number of carbonyl (C=O) groups excluding carboxylic acids is 2. The van der Waals surface area contributed by atoms with Gasteiger partial charge in [-0.15, -0.1) is 0 Å². The molecule has 152 valence electrons. The Morgan fingerprint density at radius 2 is 1.79 bits per heavy atom. The van der Waals surface area contributed by atoms with Crippen LogP contribution in [0.25, 0.3) is 0 Å². The fourth-order valence-corrected chi connectivity index (χ4v) is 2.71. The van der Waals surface area contributed by atoms with Gasteiger partial charge in [-0.05, 0) is 12.8 Å². The van der Waals surface area contributed by atoms with Crippen LogP contribution in [0, 0.1) is 11.8 Å². The monoisotopic (exact) mass is 449 g/mol. The van der Waals surface area contributed by atoms with Crippen LogP contribution < -0.4 is 14.8 Å². The Morgan fingerprint density at radius 3 is 2.39 bits per heavy atom. The van der Waals surface area contributed by atoms with E-state index in [9.17, 15) is 9.59 Å². The molecular formula is C17H18Cl3N3O5. The van der Waals surface area contributed by atoms with E-state index < -0.39 is 23.7 Å². The van der Waals surface area contributed by atoms with Crippen molar-refractivity contribution in [2.24, 2.45) is 11.8 Å². The number of rotatable bonds is 7. The number of allylic oxidation sites excluding steroid dienone is 2. The second kappa shape index (κ2) is 10.5. The summed E-state index contributed by atoms with van der Waals surface area (Å²) in [6.45, 7) is -0.266. The molecule has 0 fully saturated rings. The van der Waals surface area contributed by atoms with Crippen LogP contribution >= 0.6 is 34.8 Å². The first-order chi connectivity index (χ1) is 13.3. The number of halogens is 3. The summed E-state index contributed by atoms with van der Waals surface area (Å²) in [5, 5.41) is 2.66. The average Bonchev–Trinajstić information content (AvgIpc) is 2.71. The van der Waals surface area contributed by atoms with Gasteiger partial charge in [0, 0.05) is 6.07 Å². The van der Waals surface area contributed by atoms with E-state index in [0.29, 0.717) is 12.8 Å². The zero-order valence-corrected chi connectivity index (χ0v) is 17.3. The van der Waals surface area contributed by atoms with E-state index in [1.807, 2.05) is 12.2 Å². The van der Waals surface area contributed by atoms with E-state index in [4.69, 9.17) is 49.0 Å². The second-order valence-electron chi connectivity index (χ2n) is 5.70. The molecule has 1 N–H and O–H groups in total. The summed E-state index contributed by atoms with van der Waals surface area (Å²) in [6, 6.07) is 1.48. The first kappa shape index (κ1) is 22.3. The van der Waals surface area contributed by atoms with Crippen molar-refractivity contribution in [1.82, 2.24) is 9.97 Å². The van der Waals surface area contributed by atoms with Gasteiger partial charge in [-0.1, -0.05) is 47.0 Å². The van der Waals surface area contributed by atoms with Gasteiger partial charge in [-0.3, -0.25) is 9.59 Å². The highest BCUT2D eigenvalue weighted by molar-refractivity contribution is 6.59. The van der Waals surface area contributed by atoms with Gasteiger partial charge < -0.3 is 19.5 Å². The van der Waals surface area contributed by atoms with Gasteiger partial charge in [0.05, 0.1) is 31.1 Å². The molecule has 1 aromatic heterocycles. The third-order valence-corrected chi connectivity index (χ3v) is 4.89. The smallest absolute Gasteiger partial charge is 0.321 e. The summed E-state index contributed by atoms with van der Waals surface area (Å²) < 4.78 is 15.0. The van der Waals surface area contributed by atoms with Crippen molar-refractivity contribution in [1.29, 1.82) is 0 Å². The molecule has 0 aliphatic heterocycles. The molecule has 0 spiro atoms. The zero-order valence-electron chi connectivity index (χ0n) is 15.1.